The minimum atomic E-state index is -3.86. The molecule has 364 valence electrons. The van der Waals surface area contributed by atoms with Gasteiger partial charge in [0.25, 0.3) is 10.0 Å². The summed E-state index contributed by atoms with van der Waals surface area (Å²) in [5.41, 5.74) is 5.71. The van der Waals surface area contributed by atoms with Gasteiger partial charge in [0.1, 0.15) is 29.2 Å². The van der Waals surface area contributed by atoms with Gasteiger partial charge in [0, 0.05) is 39.7 Å². The number of hydrogen-bond acceptors (Lipinski definition) is 13. The van der Waals surface area contributed by atoms with Crippen LogP contribution in [0.2, 0.25) is 0 Å². The Kier molecular flexibility index (Phi) is 15.8. The summed E-state index contributed by atoms with van der Waals surface area (Å²) in [5.74, 6) is 0.604. The van der Waals surface area contributed by atoms with E-state index in [4.69, 9.17) is 4.74 Å². The molecule has 12 nitrogen and oxygen atoms in total. The van der Waals surface area contributed by atoms with Crippen molar-refractivity contribution in [3.05, 3.63) is 196 Å². The summed E-state index contributed by atoms with van der Waals surface area (Å²) in [6.45, 7) is 4.25. The first-order chi connectivity index (χ1) is 34.5. The van der Waals surface area contributed by atoms with E-state index in [1.54, 1.807) is 31.4 Å². The Hall–Kier alpha value is -6.08. The zero-order valence-corrected chi connectivity index (χ0v) is 44.0. The van der Waals surface area contributed by atoms with E-state index in [2.05, 4.69) is 106 Å². The highest BCUT2D eigenvalue weighted by Gasteiger charge is 2.30. The maximum atomic E-state index is 13.6. The Balaban J connectivity index is 0.000000145. The molecule has 0 radical (unpaired) electrons. The monoisotopic (exact) mass is 1090 g/mol. The van der Waals surface area contributed by atoms with Crippen LogP contribution in [-0.4, -0.2) is 55.7 Å². The molecule has 0 amide bonds. The fraction of sp³-hybridized carbons (Fsp3) is 0.222. The molecule has 2 saturated heterocycles. The van der Waals surface area contributed by atoms with Crippen molar-refractivity contribution in [1.29, 1.82) is 0 Å². The minimum Gasteiger partial charge on any atom is -0.497 e. The number of aromatic nitrogens is 4. The first kappa shape index (κ1) is 49.9. The molecule has 2 aliphatic rings. The van der Waals surface area contributed by atoms with Crippen molar-refractivity contribution < 1.29 is 21.6 Å². The number of aryl methyl sites for hydroxylation is 1. The van der Waals surface area contributed by atoms with Gasteiger partial charge in [0.2, 0.25) is 5.13 Å². The predicted octanol–water partition coefficient (Wildman–Crippen LogP) is 12.3. The number of benzene rings is 7. The molecule has 2 atom stereocenters. The van der Waals surface area contributed by atoms with Gasteiger partial charge in [-0.05, 0) is 138 Å². The Morgan fingerprint density at radius 3 is 2.10 bits per heavy atom. The zero-order valence-electron chi connectivity index (χ0n) is 39.1. The van der Waals surface area contributed by atoms with Crippen LogP contribution in [0.1, 0.15) is 65.0 Å². The number of sulfone groups is 1. The van der Waals surface area contributed by atoms with Crippen LogP contribution < -0.4 is 19.3 Å². The van der Waals surface area contributed by atoms with Crippen molar-refractivity contribution in [2.75, 3.05) is 29.4 Å². The quantitative estimate of drug-likeness (QED) is 0.125. The van der Waals surface area contributed by atoms with E-state index >= 15 is 0 Å². The molecule has 0 saturated carbocycles. The van der Waals surface area contributed by atoms with E-state index in [1.165, 1.54) is 47.5 Å². The standard InChI is InChI=1S/C23H21N3O2S2.C21H18BrN3O3S2.C10H13N/c27-30(28,15-23-24-16-25-29-23)19-11-12-20-18(14-19)8-4-9-22(20)26-13-5-10-21(26)17-6-2-1-3-7-17;1-14-10-17(28-2)7-6-16(14)12-25(21-23-13-24-29-21)30(26,27)18-8-9-19-15(11-18)4-3-5-20(19)22;1-2-5-9(6-3-1)10-7-4-8-11-10/h1-4,6-9,11-12,14,16,21H,5,10,13,15H2;3-11,13H,12H2,1-2H3;1-3,5-6,10-11H,4,7-8H2. The van der Waals surface area contributed by atoms with Gasteiger partial charge in [-0.25, -0.2) is 31.1 Å². The maximum absolute atomic E-state index is 13.6. The van der Waals surface area contributed by atoms with E-state index < -0.39 is 19.9 Å². The van der Waals surface area contributed by atoms with Crippen molar-refractivity contribution >= 4 is 91.2 Å². The minimum absolute atomic E-state index is 0.120. The second-order valence-corrected chi connectivity index (χ2v) is 23.6. The molecule has 17 heteroatoms. The second kappa shape index (κ2) is 22.6. The molecule has 1 N–H and O–H groups in total. The lowest BCUT2D eigenvalue weighted by Gasteiger charge is -2.28. The molecular formula is C54H52BrN7O5S4. The van der Waals surface area contributed by atoms with Crippen LogP contribution in [0.15, 0.2) is 179 Å². The van der Waals surface area contributed by atoms with Gasteiger partial charge in [-0.15, -0.1) is 0 Å². The molecule has 0 spiro atoms. The van der Waals surface area contributed by atoms with Crippen molar-refractivity contribution in [2.45, 2.75) is 66.8 Å². The van der Waals surface area contributed by atoms with E-state index in [9.17, 15) is 16.8 Å². The largest absolute Gasteiger partial charge is 0.497 e. The van der Waals surface area contributed by atoms with Crippen LogP contribution in [0.3, 0.4) is 0 Å². The summed E-state index contributed by atoms with van der Waals surface area (Å²) in [6, 6.07) is 50.2. The molecule has 0 bridgehead atoms. The molecule has 2 fully saturated rings. The molecule has 9 aromatic rings. The first-order valence-corrected chi connectivity index (χ1v) is 28.6. The average Bonchev–Trinajstić information content (AvgIpc) is 4.27. The van der Waals surface area contributed by atoms with Crippen molar-refractivity contribution in [3.63, 3.8) is 0 Å². The van der Waals surface area contributed by atoms with Crippen molar-refractivity contribution in [1.82, 2.24) is 24.0 Å². The average molecular weight is 1090 g/mol. The Morgan fingerprint density at radius 2 is 1.41 bits per heavy atom. The van der Waals surface area contributed by atoms with Crippen molar-refractivity contribution in [2.24, 2.45) is 0 Å². The van der Waals surface area contributed by atoms with Gasteiger partial charge in [-0.3, -0.25) is 0 Å². The summed E-state index contributed by atoms with van der Waals surface area (Å²) in [4.78, 5) is 11.2. The Morgan fingerprint density at radius 1 is 0.718 bits per heavy atom. The lowest BCUT2D eigenvalue weighted by atomic mass is 10.0. The molecular weight excluding hydrogens is 1030 g/mol. The SMILES string of the molecule is COc1ccc(CN(c2ncns2)S(=O)(=O)c2ccc3c(Br)cccc3c2)c(C)c1.O=S(=O)(Cc1ncns1)c1ccc2c(N3CCCC3c3ccccc3)cccc2c1.c1ccc(C2CCCN2)cc1. The predicted molar refractivity (Wildman–Crippen MR) is 290 cm³/mol. The number of methoxy groups -OCH3 is 1. The summed E-state index contributed by atoms with van der Waals surface area (Å²) in [5, 5.41) is 8.10. The first-order valence-electron chi connectivity index (χ1n) is 23.2. The number of halogens is 1. The topological polar surface area (TPSA) is 148 Å². The summed E-state index contributed by atoms with van der Waals surface area (Å²) >= 11 is 5.67. The van der Waals surface area contributed by atoms with Crippen molar-refractivity contribution in [3.8, 4) is 5.75 Å². The highest BCUT2D eigenvalue weighted by Crippen LogP contribution is 2.40. The molecule has 4 heterocycles. The molecule has 2 aliphatic heterocycles. The van der Waals surface area contributed by atoms with Gasteiger partial charge in [-0.1, -0.05) is 119 Å². The van der Waals surface area contributed by atoms with Crippen LogP contribution in [0.25, 0.3) is 21.5 Å². The molecule has 7 aromatic carbocycles. The van der Waals surface area contributed by atoms with Crippen LogP contribution in [-0.2, 0) is 32.2 Å². The van der Waals surface area contributed by atoms with Crippen LogP contribution in [0, 0.1) is 6.92 Å². The smallest absolute Gasteiger partial charge is 0.266 e. The highest BCUT2D eigenvalue weighted by atomic mass is 79.9. The number of fused-ring (bicyclic) bond motifs is 2. The van der Waals surface area contributed by atoms with Gasteiger partial charge in [0.05, 0.1) is 29.5 Å². The number of nitrogens with zero attached hydrogens (tertiary/aromatic N) is 6. The third-order valence-electron chi connectivity index (χ3n) is 12.7. The maximum Gasteiger partial charge on any atom is 0.266 e. The van der Waals surface area contributed by atoms with Gasteiger partial charge in [0.15, 0.2) is 9.84 Å². The number of anilines is 2. The summed E-state index contributed by atoms with van der Waals surface area (Å²) in [7, 11) is -5.73. The summed E-state index contributed by atoms with van der Waals surface area (Å²) in [6.07, 6.45) is 7.63. The van der Waals surface area contributed by atoms with E-state index in [0.29, 0.717) is 27.1 Å². The van der Waals surface area contributed by atoms with Gasteiger partial charge < -0.3 is 15.0 Å². The molecule has 71 heavy (non-hydrogen) atoms. The lowest BCUT2D eigenvalue weighted by molar-refractivity contribution is 0.414. The number of hydrogen-bond donors (Lipinski definition) is 1. The lowest BCUT2D eigenvalue weighted by Crippen LogP contribution is -2.30. The molecule has 2 unspecified atom stereocenters. The summed E-state index contributed by atoms with van der Waals surface area (Å²) < 4.78 is 68.3. The van der Waals surface area contributed by atoms with Gasteiger partial charge in [-0.2, -0.15) is 8.75 Å². The second-order valence-electron chi connectivity index (χ2n) is 17.2. The normalized spacial score (nSPS) is 15.7. The third kappa shape index (κ3) is 11.7. The molecule has 2 aromatic heterocycles. The Bertz CT molecular complexity index is 3440. The highest BCUT2D eigenvalue weighted by molar-refractivity contribution is 9.10. The van der Waals surface area contributed by atoms with E-state index in [-0.39, 0.29) is 17.2 Å². The van der Waals surface area contributed by atoms with Crippen LogP contribution in [0.4, 0.5) is 10.8 Å². The van der Waals surface area contributed by atoms with Crippen LogP contribution in [0.5, 0.6) is 5.75 Å². The van der Waals surface area contributed by atoms with Gasteiger partial charge >= 0.3 is 0 Å². The Labute approximate surface area is 431 Å². The number of sulfonamides is 1. The fourth-order valence-electron chi connectivity index (χ4n) is 9.10. The molecule has 0 aliphatic carbocycles. The molecule has 11 rings (SSSR count). The third-order valence-corrected chi connectivity index (χ3v) is 18.4. The van der Waals surface area contributed by atoms with E-state index in [0.717, 1.165) is 91.0 Å². The number of nitrogens with one attached hydrogen (secondary N) is 1. The number of rotatable bonds is 12. The van der Waals surface area contributed by atoms with E-state index in [1.807, 2.05) is 73.7 Å². The zero-order chi connectivity index (χ0) is 49.4. The fourth-order valence-corrected chi connectivity index (χ4v) is 13.9. The number of ether oxygens (including phenoxy) is 1. The van der Waals surface area contributed by atoms with Crippen LogP contribution >= 0.6 is 39.0 Å².